The minimum atomic E-state index is 0.122. The average Bonchev–Trinajstić information content (AvgIpc) is 2.35. The molecule has 1 saturated heterocycles. The molecular formula is C8H18N2O2. The molecule has 3 atom stereocenters. The topological polar surface area (TPSA) is 56.5 Å². The van der Waals surface area contributed by atoms with Crippen molar-refractivity contribution in [2.75, 3.05) is 26.9 Å². The van der Waals surface area contributed by atoms with Crippen LogP contribution in [0.15, 0.2) is 0 Å². The zero-order valence-electron chi connectivity index (χ0n) is 7.75. The van der Waals surface area contributed by atoms with E-state index in [1.54, 1.807) is 7.11 Å². The van der Waals surface area contributed by atoms with Crippen molar-refractivity contribution in [3.63, 3.8) is 0 Å². The first kappa shape index (κ1) is 9.92. The van der Waals surface area contributed by atoms with E-state index in [4.69, 9.17) is 15.2 Å². The van der Waals surface area contributed by atoms with Crippen molar-refractivity contribution in [2.45, 2.75) is 25.1 Å². The SMILES string of the molecule is COCCO[C@H]1C(C)NC[C@@H]1N. The van der Waals surface area contributed by atoms with Crippen LogP contribution in [0, 0.1) is 0 Å². The quantitative estimate of drug-likeness (QED) is 0.555. The summed E-state index contributed by atoms with van der Waals surface area (Å²) >= 11 is 0. The van der Waals surface area contributed by atoms with E-state index in [9.17, 15) is 0 Å². The van der Waals surface area contributed by atoms with Crippen LogP contribution in [0.2, 0.25) is 0 Å². The molecule has 1 fully saturated rings. The number of hydrogen-bond acceptors (Lipinski definition) is 4. The summed E-state index contributed by atoms with van der Waals surface area (Å²) in [6.45, 7) is 4.19. The number of rotatable bonds is 4. The molecule has 72 valence electrons. The molecule has 4 nitrogen and oxygen atoms in total. The van der Waals surface area contributed by atoms with Crippen LogP contribution < -0.4 is 11.1 Å². The maximum atomic E-state index is 5.82. The Kier molecular flexibility index (Phi) is 3.94. The lowest BCUT2D eigenvalue weighted by atomic mass is 10.1. The molecule has 4 heteroatoms. The Labute approximate surface area is 73.4 Å². The summed E-state index contributed by atoms with van der Waals surface area (Å²) in [6.07, 6.45) is 0.139. The first-order valence-electron chi connectivity index (χ1n) is 4.35. The van der Waals surface area contributed by atoms with Crippen LogP contribution >= 0.6 is 0 Å². The van der Waals surface area contributed by atoms with Gasteiger partial charge in [-0.2, -0.15) is 0 Å². The summed E-state index contributed by atoms with van der Waals surface area (Å²) in [6, 6.07) is 0.480. The second-order valence-corrected chi connectivity index (χ2v) is 3.19. The molecule has 0 saturated carbocycles. The fourth-order valence-corrected chi connectivity index (χ4v) is 1.46. The smallest absolute Gasteiger partial charge is 0.0889 e. The van der Waals surface area contributed by atoms with Gasteiger partial charge in [0.15, 0.2) is 0 Å². The van der Waals surface area contributed by atoms with Crippen LogP contribution in [0.4, 0.5) is 0 Å². The maximum absolute atomic E-state index is 5.82. The van der Waals surface area contributed by atoms with Gasteiger partial charge in [0.1, 0.15) is 0 Å². The molecule has 1 unspecified atom stereocenters. The molecule has 1 aliphatic rings. The fraction of sp³-hybridized carbons (Fsp3) is 1.00. The Hall–Kier alpha value is -0.160. The molecule has 0 radical (unpaired) electrons. The third-order valence-corrected chi connectivity index (χ3v) is 2.19. The molecule has 0 amide bonds. The normalized spacial score (nSPS) is 35.8. The fourth-order valence-electron chi connectivity index (χ4n) is 1.46. The van der Waals surface area contributed by atoms with Crippen molar-refractivity contribution in [3.05, 3.63) is 0 Å². The van der Waals surface area contributed by atoms with E-state index in [0.717, 1.165) is 6.54 Å². The molecule has 0 spiro atoms. The molecule has 1 heterocycles. The van der Waals surface area contributed by atoms with E-state index in [2.05, 4.69) is 12.2 Å². The monoisotopic (exact) mass is 174 g/mol. The summed E-state index contributed by atoms with van der Waals surface area (Å²) in [5, 5.41) is 3.26. The van der Waals surface area contributed by atoms with Gasteiger partial charge in [-0.3, -0.25) is 0 Å². The van der Waals surface area contributed by atoms with Crippen LogP contribution in [-0.2, 0) is 9.47 Å². The Morgan fingerprint density at radius 1 is 1.50 bits per heavy atom. The molecule has 3 N–H and O–H groups in total. The number of methoxy groups -OCH3 is 1. The highest BCUT2D eigenvalue weighted by Crippen LogP contribution is 2.09. The van der Waals surface area contributed by atoms with Crippen molar-refractivity contribution in [1.29, 1.82) is 0 Å². The third kappa shape index (κ3) is 2.42. The highest BCUT2D eigenvalue weighted by molar-refractivity contribution is 4.91. The number of ether oxygens (including phenoxy) is 2. The average molecular weight is 174 g/mol. The van der Waals surface area contributed by atoms with Crippen molar-refractivity contribution >= 4 is 0 Å². The highest BCUT2D eigenvalue weighted by Gasteiger charge is 2.30. The Morgan fingerprint density at radius 2 is 2.25 bits per heavy atom. The predicted octanol–water partition coefficient (Wildman–Crippen LogP) is -0.663. The van der Waals surface area contributed by atoms with Crippen molar-refractivity contribution in [1.82, 2.24) is 5.32 Å². The Morgan fingerprint density at radius 3 is 2.75 bits per heavy atom. The zero-order valence-corrected chi connectivity index (χ0v) is 7.75. The Balaban J connectivity index is 2.20. The minimum Gasteiger partial charge on any atom is -0.382 e. The summed E-state index contributed by atoms with van der Waals surface area (Å²) in [5.74, 6) is 0. The van der Waals surface area contributed by atoms with Crippen LogP contribution in [0.5, 0.6) is 0 Å². The van der Waals surface area contributed by atoms with Gasteiger partial charge in [-0.25, -0.2) is 0 Å². The van der Waals surface area contributed by atoms with Crippen LogP contribution in [0.3, 0.4) is 0 Å². The maximum Gasteiger partial charge on any atom is 0.0889 e. The minimum absolute atomic E-state index is 0.122. The molecule has 12 heavy (non-hydrogen) atoms. The number of nitrogens with one attached hydrogen (secondary N) is 1. The van der Waals surface area contributed by atoms with Crippen molar-refractivity contribution < 1.29 is 9.47 Å². The van der Waals surface area contributed by atoms with Gasteiger partial charge >= 0.3 is 0 Å². The molecule has 1 rings (SSSR count). The van der Waals surface area contributed by atoms with E-state index >= 15 is 0 Å². The van der Waals surface area contributed by atoms with Gasteiger partial charge in [-0.05, 0) is 6.92 Å². The van der Waals surface area contributed by atoms with Crippen LogP contribution in [0.1, 0.15) is 6.92 Å². The predicted molar refractivity (Wildman–Crippen MR) is 47.1 cm³/mol. The second kappa shape index (κ2) is 4.77. The van der Waals surface area contributed by atoms with Gasteiger partial charge in [0.05, 0.1) is 19.3 Å². The molecule has 0 aromatic rings. The highest BCUT2D eigenvalue weighted by atomic mass is 16.5. The standard InChI is InChI=1S/C8H18N2O2/c1-6-8(7(9)5-10-6)12-4-3-11-2/h6-8,10H,3-5,9H2,1-2H3/t6?,7-,8-/m0/s1. The summed E-state index contributed by atoms with van der Waals surface area (Å²) in [7, 11) is 1.67. The lowest BCUT2D eigenvalue weighted by Gasteiger charge is -2.19. The molecule has 0 aliphatic carbocycles. The molecule has 0 aromatic carbocycles. The lowest BCUT2D eigenvalue weighted by Crippen LogP contribution is -2.39. The zero-order chi connectivity index (χ0) is 8.97. The van der Waals surface area contributed by atoms with Gasteiger partial charge in [0.25, 0.3) is 0 Å². The van der Waals surface area contributed by atoms with Gasteiger partial charge in [-0.1, -0.05) is 0 Å². The molecular weight excluding hydrogens is 156 g/mol. The summed E-state index contributed by atoms with van der Waals surface area (Å²) in [5.41, 5.74) is 5.82. The lowest BCUT2D eigenvalue weighted by molar-refractivity contribution is 0.00768. The van der Waals surface area contributed by atoms with Crippen LogP contribution in [-0.4, -0.2) is 45.1 Å². The Bertz CT molecular complexity index is 122. The van der Waals surface area contributed by atoms with Gasteiger partial charge in [0.2, 0.25) is 0 Å². The van der Waals surface area contributed by atoms with E-state index in [1.807, 2.05) is 0 Å². The number of hydrogen-bond donors (Lipinski definition) is 2. The number of nitrogens with two attached hydrogens (primary N) is 1. The first-order chi connectivity index (χ1) is 5.75. The first-order valence-corrected chi connectivity index (χ1v) is 4.35. The molecule has 0 aromatic heterocycles. The van der Waals surface area contributed by atoms with Gasteiger partial charge in [0, 0.05) is 25.7 Å². The van der Waals surface area contributed by atoms with Gasteiger partial charge in [-0.15, -0.1) is 0 Å². The summed E-state index contributed by atoms with van der Waals surface area (Å²) < 4.78 is 10.4. The third-order valence-electron chi connectivity index (χ3n) is 2.19. The molecule has 1 aliphatic heterocycles. The van der Waals surface area contributed by atoms with E-state index in [-0.39, 0.29) is 12.1 Å². The van der Waals surface area contributed by atoms with E-state index in [0.29, 0.717) is 19.3 Å². The van der Waals surface area contributed by atoms with E-state index in [1.165, 1.54) is 0 Å². The van der Waals surface area contributed by atoms with E-state index < -0.39 is 0 Å². The summed E-state index contributed by atoms with van der Waals surface area (Å²) in [4.78, 5) is 0. The van der Waals surface area contributed by atoms with Crippen LogP contribution in [0.25, 0.3) is 0 Å². The molecule has 0 bridgehead atoms. The second-order valence-electron chi connectivity index (χ2n) is 3.19. The van der Waals surface area contributed by atoms with Crippen molar-refractivity contribution in [3.8, 4) is 0 Å². The van der Waals surface area contributed by atoms with Crippen molar-refractivity contribution in [2.24, 2.45) is 5.73 Å². The largest absolute Gasteiger partial charge is 0.382 e. The van der Waals surface area contributed by atoms with Gasteiger partial charge < -0.3 is 20.5 Å².